The van der Waals surface area contributed by atoms with Gasteiger partial charge in [-0.3, -0.25) is 4.84 Å². The van der Waals surface area contributed by atoms with Crippen LogP contribution >= 0.6 is 0 Å². The monoisotopic (exact) mass is 351 g/mol. The number of hydrogen-bond acceptors (Lipinski definition) is 2. The van der Waals surface area contributed by atoms with Crippen LogP contribution in [-0.4, -0.2) is 16.1 Å². The predicted molar refractivity (Wildman–Crippen MR) is 109 cm³/mol. The molecule has 0 radical (unpaired) electrons. The van der Waals surface area contributed by atoms with E-state index < -0.39 is 5.60 Å². The van der Waals surface area contributed by atoms with Gasteiger partial charge in [0.2, 0.25) is 0 Å². The molecule has 1 aliphatic rings. The number of benzene rings is 2. The Bertz CT molecular complexity index is 692. The molecular formula is C24H33NO. The normalized spacial score (nSPS) is 21.9. The molecular weight excluding hydrogens is 318 g/mol. The maximum Gasteiger partial charge on any atom is 0.116 e. The highest BCUT2D eigenvalue weighted by Gasteiger charge is 2.46. The Labute approximate surface area is 159 Å². The minimum absolute atomic E-state index is 0.0223. The van der Waals surface area contributed by atoms with E-state index in [1.54, 1.807) is 0 Å². The fourth-order valence-electron chi connectivity index (χ4n) is 4.39. The van der Waals surface area contributed by atoms with Crippen LogP contribution in [0.1, 0.15) is 65.0 Å². The van der Waals surface area contributed by atoms with Crippen molar-refractivity contribution in [1.82, 2.24) is 5.06 Å². The van der Waals surface area contributed by atoms with Crippen LogP contribution in [0.3, 0.4) is 0 Å². The molecule has 2 heteroatoms. The minimum Gasteiger partial charge on any atom is -0.287 e. The van der Waals surface area contributed by atoms with Crippen LogP contribution in [0.25, 0.3) is 0 Å². The van der Waals surface area contributed by atoms with Crippen molar-refractivity contribution in [3.8, 4) is 0 Å². The third kappa shape index (κ3) is 4.02. The highest BCUT2D eigenvalue weighted by molar-refractivity contribution is 5.26. The zero-order valence-corrected chi connectivity index (χ0v) is 17.0. The Kier molecular flexibility index (Phi) is 5.28. The second-order valence-corrected chi connectivity index (χ2v) is 9.12. The maximum absolute atomic E-state index is 6.93. The first kappa shape index (κ1) is 19.1. The van der Waals surface area contributed by atoms with Crippen molar-refractivity contribution in [2.24, 2.45) is 0 Å². The molecule has 1 unspecified atom stereocenters. The Hall–Kier alpha value is -1.64. The number of hydroxylamine groups is 2. The molecule has 1 aliphatic heterocycles. The maximum atomic E-state index is 6.93. The summed E-state index contributed by atoms with van der Waals surface area (Å²) in [5, 5.41) is 2.29. The first-order valence-corrected chi connectivity index (χ1v) is 9.82. The van der Waals surface area contributed by atoms with Gasteiger partial charge in [0.1, 0.15) is 5.60 Å². The third-order valence-electron chi connectivity index (χ3n) is 5.74. The summed E-state index contributed by atoms with van der Waals surface area (Å²) in [7, 11) is 0. The molecule has 1 fully saturated rings. The average Bonchev–Trinajstić information content (AvgIpc) is 2.60. The summed E-state index contributed by atoms with van der Waals surface area (Å²) in [5.41, 5.74) is 2.16. The lowest BCUT2D eigenvalue weighted by Crippen LogP contribution is -2.60. The van der Waals surface area contributed by atoms with E-state index in [1.807, 2.05) is 0 Å². The molecule has 2 aromatic rings. The fourth-order valence-corrected chi connectivity index (χ4v) is 4.39. The van der Waals surface area contributed by atoms with Gasteiger partial charge in [0, 0.05) is 17.5 Å². The van der Waals surface area contributed by atoms with E-state index in [4.69, 9.17) is 4.84 Å². The standard InChI is InChI=1S/C24H33NO/c1-22(2)17-12-18-23(3,4)25(22)26-24(5,21-15-10-7-11-16-21)19-20-13-8-6-9-14-20/h6-11,13-16H,12,17-19H2,1-5H3. The van der Waals surface area contributed by atoms with Crippen molar-refractivity contribution in [2.75, 3.05) is 0 Å². The third-order valence-corrected chi connectivity index (χ3v) is 5.74. The number of nitrogens with zero attached hydrogens (tertiary/aromatic N) is 1. The molecule has 1 atom stereocenters. The molecule has 3 rings (SSSR count). The van der Waals surface area contributed by atoms with E-state index >= 15 is 0 Å². The van der Waals surface area contributed by atoms with Crippen LogP contribution in [-0.2, 0) is 16.9 Å². The van der Waals surface area contributed by atoms with Crippen molar-refractivity contribution < 1.29 is 4.84 Å². The summed E-state index contributed by atoms with van der Waals surface area (Å²) in [6.45, 7) is 11.5. The zero-order valence-electron chi connectivity index (χ0n) is 17.0. The van der Waals surface area contributed by atoms with Crippen molar-refractivity contribution in [3.05, 3.63) is 71.8 Å². The first-order valence-electron chi connectivity index (χ1n) is 9.82. The highest BCUT2D eigenvalue weighted by atomic mass is 16.7. The van der Waals surface area contributed by atoms with Crippen molar-refractivity contribution in [3.63, 3.8) is 0 Å². The van der Waals surface area contributed by atoms with E-state index in [2.05, 4.69) is 100 Å². The molecule has 0 spiro atoms. The molecule has 0 amide bonds. The molecule has 140 valence electrons. The van der Waals surface area contributed by atoms with E-state index in [0.29, 0.717) is 0 Å². The Morgan fingerprint density at radius 3 is 1.88 bits per heavy atom. The van der Waals surface area contributed by atoms with Gasteiger partial charge in [-0.1, -0.05) is 60.7 Å². The van der Waals surface area contributed by atoms with Gasteiger partial charge in [-0.25, -0.2) is 0 Å². The van der Waals surface area contributed by atoms with Crippen molar-refractivity contribution in [1.29, 1.82) is 0 Å². The minimum atomic E-state index is -0.408. The van der Waals surface area contributed by atoms with Gasteiger partial charge in [0.15, 0.2) is 0 Å². The van der Waals surface area contributed by atoms with Gasteiger partial charge in [0.05, 0.1) is 0 Å². The van der Waals surface area contributed by atoms with E-state index in [1.165, 1.54) is 17.5 Å². The molecule has 1 heterocycles. The second-order valence-electron chi connectivity index (χ2n) is 9.12. The molecule has 26 heavy (non-hydrogen) atoms. The van der Waals surface area contributed by atoms with Crippen LogP contribution in [0.15, 0.2) is 60.7 Å². The zero-order chi connectivity index (χ0) is 18.8. The van der Waals surface area contributed by atoms with Gasteiger partial charge < -0.3 is 0 Å². The Morgan fingerprint density at radius 1 is 0.846 bits per heavy atom. The van der Waals surface area contributed by atoms with Gasteiger partial charge in [-0.15, -0.1) is 0 Å². The number of rotatable bonds is 5. The molecule has 0 aliphatic carbocycles. The van der Waals surface area contributed by atoms with Gasteiger partial charge in [0.25, 0.3) is 0 Å². The van der Waals surface area contributed by atoms with Crippen LogP contribution in [0.5, 0.6) is 0 Å². The smallest absolute Gasteiger partial charge is 0.116 e. The molecule has 0 aromatic heterocycles. The molecule has 2 nitrogen and oxygen atoms in total. The highest BCUT2D eigenvalue weighted by Crippen LogP contribution is 2.42. The summed E-state index contributed by atoms with van der Waals surface area (Å²) in [6, 6.07) is 21.3. The van der Waals surface area contributed by atoms with Gasteiger partial charge in [-0.2, -0.15) is 5.06 Å². The van der Waals surface area contributed by atoms with E-state index in [0.717, 1.165) is 19.3 Å². The lowest BCUT2D eigenvalue weighted by Gasteiger charge is -2.54. The summed E-state index contributed by atoms with van der Waals surface area (Å²) in [4.78, 5) is 6.93. The van der Waals surface area contributed by atoms with Gasteiger partial charge >= 0.3 is 0 Å². The number of hydrogen-bond donors (Lipinski definition) is 0. The fraction of sp³-hybridized carbons (Fsp3) is 0.500. The first-order chi connectivity index (χ1) is 12.2. The second kappa shape index (κ2) is 7.17. The SMILES string of the molecule is CC(Cc1ccccc1)(ON1C(C)(C)CCCC1(C)C)c1ccccc1. The van der Waals surface area contributed by atoms with E-state index in [9.17, 15) is 0 Å². The van der Waals surface area contributed by atoms with Crippen molar-refractivity contribution >= 4 is 0 Å². The van der Waals surface area contributed by atoms with Crippen LogP contribution in [0.4, 0.5) is 0 Å². The van der Waals surface area contributed by atoms with Crippen LogP contribution in [0, 0.1) is 0 Å². The molecule has 0 bridgehead atoms. The van der Waals surface area contributed by atoms with Crippen LogP contribution < -0.4 is 0 Å². The van der Waals surface area contributed by atoms with Gasteiger partial charge in [-0.05, 0) is 65.0 Å². The lowest BCUT2D eigenvalue weighted by molar-refractivity contribution is -0.337. The topological polar surface area (TPSA) is 12.5 Å². The van der Waals surface area contributed by atoms with E-state index in [-0.39, 0.29) is 11.1 Å². The summed E-state index contributed by atoms with van der Waals surface area (Å²) < 4.78 is 0. The Balaban J connectivity index is 1.98. The van der Waals surface area contributed by atoms with Crippen molar-refractivity contribution in [2.45, 2.75) is 77.0 Å². The quantitative estimate of drug-likeness (QED) is 0.643. The molecule has 0 N–H and O–H groups in total. The molecule has 2 aromatic carbocycles. The summed E-state index contributed by atoms with van der Waals surface area (Å²) >= 11 is 0. The molecule has 0 saturated carbocycles. The number of piperidine rings is 1. The summed E-state index contributed by atoms with van der Waals surface area (Å²) in [6.07, 6.45) is 4.42. The van der Waals surface area contributed by atoms with Crippen LogP contribution in [0.2, 0.25) is 0 Å². The molecule has 1 saturated heterocycles. The predicted octanol–water partition coefficient (Wildman–Crippen LogP) is 6.12. The average molecular weight is 352 g/mol. The Morgan fingerprint density at radius 2 is 1.35 bits per heavy atom. The summed E-state index contributed by atoms with van der Waals surface area (Å²) in [5.74, 6) is 0. The lowest BCUT2D eigenvalue weighted by atomic mass is 9.81. The largest absolute Gasteiger partial charge is 0.287 e.